The third-order valence-electron chi connectivity index (χ3n) is 4.64. The number of carbonyl (C=O) groups excluding carboxylic acids is 1. The minimum absolute atomic E-state index is 0.0476. The van der Waals surface area contributed by atoms with Gasteiger partial charge in [0.25, 0.3) is 5.91 Å². The van der Waals surface area contributed by atoms with Gasteiger partial charge in [-0.1, -0.05) is 18.9 Å². The summed E-state index contributed by atoms with van der Waals surface area (Å²) in [5, 5.41) is 5.32. The fraction of sp³-hybridized carbons (Fsp3) is 0.389. The van der Waals surface area contributed by atoms with Crippen molar-refractivity contribution in [2.45, 2.75) is 31.7 Å². The van der Waals surface area contributed by atoms with Crippen LogP contribution in [0.4, 0.5) is 0 Å². The van der Waals surface area contributed by atoms with Crippen LogP contribution in [0.2, 0.25) is 0 Å². The zero-order valence-electron chi connectivity index (χ0n) is 12.8. The maximum atomic E-state index is 12.7. The van der Waals surface area contributed by atoms with Crippen LogP contribution in [0, 0.1) is 5.92 Å². The number of benzene rings is 1. The Balaban J connectivity index is 1.55. The molecule has 1 N–H and O–H groups in total. The largest absolute Gasteiger partial charge is 0.454 e. The second-order valence-corrected chi connectivity index (χ2v) is 7.06. The van der Waals surface area contributed by atoms with Crippen molar-refractivity contribution >= 4 is 17.2 Å². The predicted molar refractivity (Wildman–Crippen MR) is 89.0 cm³/mol. The average Bonchev–Trinajstić information content (AvgIpc) is 3.34. The van der Waals surface area contributed by atoms with Crippen molar-refractivity contribution in [3.63, 3.8) is 0 Å². The molecule has 1 amide bonds. The van der Waals surface area contributed by atoms with E-state index < -0.39 is 0 Å². The van der Waals surface area contributed by atoms with Crippen molar-refractivity contribution < 1.29 is 14.3 Å². The fourth-order valence-electron chi connectivity index (χ4n) is 3.44. The molecular formula is C18H19NO3S. The highest BCUT2D eigenvalue weighted by Crippen LogP contribution is 2.38. The second kappa shape index (κ2) is 6.24. The fourth-order valence-corrected chi connectivity index (χ4v) is 4.31. The van der Waals surface area contributed by atoms with Crippen LogP contribution in [0.25, 0.3) is 0 Å². The molecule has 0 saturated heterocycles. The highest BCUT2D eigenvalue weighted by Gasteiger charge is 2.29. The van der Waals surface area contributed by atoms with Crippen LogP contribution in [0.1, 0.15) is 47.0 Å². The summed E-state index contributed by atoms with van der Waals surface area (Å²) in [7, 11) is 0. The Bertz CT molecular complexity index is 692. The quantitative estimate of drug-likeness (QED) is 0.917. The van der Waals surface area contributed by atoms with Gasteiger partial charge in [0.15, 0.2) is 11.5 Å². The van der Waals surface area contributed by atoms with E-state index in [0.29, 0.717) is 23.0 Å². The lowest BCUT2D eigenvalue weighted by Gasteiger charge is -2.24. The molecule has 1 fully saturated rings. The predicted octanol–water partition coefficient (Wildman–Crippen LogP) is 4.14. The van der Waals surface area contributed by atoms with Gasteiger partial charge >= 0.3 is 0 Å². The molecule has 120 valence electrons. The third-order valence-corrected chi connectivity index (χ3v) is 5.60. The Hall–Kier alpha value is -2.01. The average molecular weight is 329 g/mol. The molecule has 4 nitrogen and oxygen atoms in total. The standard InChI is InChI=1S/C18H19NO3S/c20-18(13-7-8-14-15(10-13)22-11-21-14)19-17(12-4-1-2-5-12)16-6-3-9-23-16/h3,6-10,12,17H,1-2,4-5,11H2,(H,19,20)/t17-/m1/s1. The first-order valence-electron chi connectivity index (χ1n) is 8.05. The molecule has 0 spiro atoms. The summed E-state index contributed by atoms with van der Waals surface area (Å²) in [5.74, 6) is 1.83. The zero-order chi connectivity index (χ0) is 15.6. The van der Waals surface area contributed by atoms with Crippen LogP contribution in [0.15, 0.2) is 35.7 Å². The Labute approximate surface area is 139 Å². The molecule has 2 aromatic rings. The third kappa shape index (κ3) is 2.93. The molecule has 5 heteroatoms. The molecule has 4 rings (SSSR count). The maximum Gasteiger partial charge on any atom is 0.251 e. The lowest BCUT2D eigenvalue weighted by Crippen LogP contribution is -2.32. The van der Waals surface area contributed by atoms with Gasteiger partial charge in [-0.15, -0.1) is 11.3 Å². The summed E-state index contributed by atoms with van der Waals surface area (Å²) >= 11 is 1.72. The SMILES string of the molecule is O=C(N[C@@H](c1cccs1)C1CCCC1)c1ccc2c(c1)OCO2. The molecule has 1 saturated carbocycles. The van der Waals surface area contributed by atoms with Crippen molar-refractivity contribution in [1.82, 2.24) is 5.32 Å². The van der Waals surface area contributed by atoms with E-state index in [1.54, 1.807) is 29.5 Å². The highest BCUT2D eigenvalue weighted by molar-refractivity contribution is 7.10. The van der Waals surface area contributed by atoms with E-state index in [1.807, 2.05) is 0 Å². The number of carbonyl (C=O) groups is 1. The van der Waals surface area contributed by atoms with Gasteiger partial charge in [-0.3, -0.25) is 4.79 Å². The molecule has 0 bridgehead atoms. The zero-order valence-corrected chi connectivity index (χ0v) is 13.6. The van der Waals surface area contributed by atoms with E-state index in [2.05, 4.69) is 22.8 Å². The van der Waals surface area contributed by atoms with Gasteiger partial charge in [0, 0.05) is 10.4 Å². The number of nitrogens with one attached hydrogen (secondary N) is 1. The molecule has 1 aliphatic carbocycles. The Morgan fingerprint density at radius 1 is 1.17 bits per heavy atom. The van der Waals surface area contributed by atoms with E-state index in [4.69, 9.17) is 9.47 Å². The summed E-state index contributed by atoms with van der Waals surface area (Å²) in [6, 6.07) is 9.63. The first-order chi connectivity index (χ1) is 11.3. The van der Waals surface area contributed by atoms with Crippen molar-refractivity contribution in [2.75, 3.05) is 6.79 Å². The van der Waals surface area contributed by atoms with E-state index in [0.717, 1.165) is 0 Å². The van der Waals surface area contributed by atoms with Gasteiger partial charge in [0.1, 0.15) is 0 Å². The van der Waals surface area contributed by atoms with E-state index in [9.17, 15) is 4.79 Å². The van der Waals surface area contributed by atoms with Gasteiger partial charge in [-0.05, 0) is 48.4 Å². The number of thiophene rings is 1. The van der Waals surface area contributed by atoms with Crippen LogP contribution in [-0.4, -0.2) is 12.7 Å². The molecule has 0 unspecified atom stereocenters. The van der Waals surface area contributed by atoms with Crippen molar-refractivity contribution in [3.05, 3.63) is 46.2 Å². The molecule has 1 atom stereocenters. The number of hydrogen-bond donors (Lipinski definition) is 1. The normalized spacial score (nSPS) is 18.1. The van der Waals surface area contributed by atoms with Gasteiger partial charge in [-0.25, -0.2) is 0 Å². The van der Waals surface area contributed by atoms with Gasteiger partial charge in [0.2, 0.25) is 6.79 Å². The minimum Gasteiger partial charge on any atom is -0.454 e. The monoisotopic (exact) mass is 329 g/mol. The Kier molecular flexibility index (Phi) is 3.95. The molecular weight excluding hydrogens is 310 g/mol. The highest BCUT2D eigenvalue weighted by atomic mass is 32.1. The van der Waals surface area contributed by atoms with Crippen LogP contribution in [0.3, 0.4) is 0 Å². The first kappa shape index (κ1) is 14.6. The van der Waals surface area contributed by atoms with E-state index in [1.165, 1.54) is 30.6 Å². The Morgan fingerprint density at radius 2 is 2.00 bits per heavy atom. The van der Waals surface area contributed by atoms with Crippen molar-refractivity contribution in [3.8, 4) is 11.5 Å². The summed E-state index contributed by atoms with van der Waals surface area (Å²) in [6.45, 7) is 0.223. The second-order valence-electron chi connectivity index (χ2n) is 6.08. The molecule has 0 radical (unpaired) electrons. The number of fused-ring (bicyclic) bond motifs is 1. The summed E-state index contributed by atoms with van der Waals surface area (Å²) in [5.41, 5.74) is 0.619. The van der Waals surface area contributed by atoms with Gasteiger partial charge in [0.05, 0.1) is 6.04 Å². The lowest BCUT2D eigenvalue weighted by molar-refractivity contribution is 0.0922. The van der Waals surface area contributed by atoms with Crippen LogP contribution >= 0.6 is 11.3 Å². The van der Waals surface area contributed by atoms with Gasteiger partial charge < -0.3 is 14.8 Å². The number of rotatable bonds is 4. The number of hydrogen-bond acceptors (Lipinski definition) is 4. The summed E-state index contributed by atoms with van der Waals surface area (Å²) in [6.07, 6.45) is 4.88. The Morgan fingerprint density at radius 3 is 2.78 bits per heavy atom. The lowest BCUT2D eigenvalue weighted by atomic mass is 9.96. The molecule has 23 heavy (non-hydrogen) atoms. The number of amides is 1. The molecule has 2 aliphatic rings. The smallest absolute Gasteiger partial charge is 0.251 e. The molecule has 2 heterocycles. The van der Waals surface area contributed by atoms with Crippen LogP contribution < -0.4 is 14.8 Å². The molecule has 1 aliphatic heterocycles. The number of ether oxygens (including phenoxy) is 2. The van der Waals surface area contributed by atoms with E-state index in [-0.39, 0.29) is 18.7 Å². The molecule has 1 aromatic carbocycles. The minimum atomic E-state index is -0.0476. The maximum absolute atomic E-state index is 12.7. The van der Waals surface area contributed by atoms with Crippen molar-refractivity contribution in [1.29, 1.82) is 0 Å². The van der Waals surface area contributed by atoms with Crippen LogP contribution in [-0.2, 0) is 0 Å². The van der Waals surface area contributed by atoms with Crippen molar-refractivity contribution in [2.24, 2.45) is 5.92 Å². The molecule has 1 aromatic heterocycles. The van der Waals surface area contributed by atoms with Gasteiger partial charge in [-0.2, -0.15) is 0 Å². The topological polar surface area (TPSA) is 47.6 Å². The first-order valence-corrected chi connectivity index (χ1v) is 8.93. The summed E-state index contributed by atoms with van der Waals surface area (Å²) in [4.78, 5) is 13.9. The van der Waals surface area contributed by atoms with E-state index >= 15 is 0 Å². The summed E-state index contributed by atoms with van der Waals surface area (Å²) < 4.78 is 10.7. The van der Waals surface area contributed by atoms with Crippen LogP contribution in [0.5, 0.6) is 11.5 Å².